The van der Waals surface area contributed by atoms with Gasteiger partial charge in [-0.3, -0.25) is 10.1 Å². The van der Waals surface area contributed by atoms with E-state index in [4.69, 9.17) is 4.74 Å². The lowest BCUT2D eigenvalue weighted by Crippen LogP contribution is -1.98. The minimum Gasteiger partial charge on any atom is -0.489 e. The Morgan fingerprint density at radius 3 is 2.64 bits per heavy atom. The number of ether oxygens (including phenoxy) is 1. The van der Waals surface area contributed by atoms with Gasteiger partial charge in [0.2, 0.25) is 5.75 Å². The summed E-state index contributed by atoms with van der Waals surface area (Å²) in [5.74, 6) is -0.599. The summed E-state index contributed by atoms with van der Waals surface area (Å²) in [4.78, 5) is 9.85. The molecular weight excluding hydrogens is 257 g/mol. The zero-order chi connectivity index (χ0) is 10.9. The molecule has 0 aromatic heterocycles. The minimum atomic E-state index is -0.688. The van der Waals surface area contributed by atoms with Crippen LogP contribution in [0, 0.1) is 22.9 Å². The molecule has 0 bridgehead atoms. The highest BCUT2D eigenvalue weighted by Crippen LogP contribution is 2.38. The molecule has 4 nitrogen and oxygen atoms in total. The van der Waals surface area contributed by atoms with Gasteiger partial charge < -0.3 is 4.74 Å². The first kappa shape index (κ1) is 10.9. The van der Waals surface area contributed by atoms with Gasteiger partial charge in [0.05, 0.1) is 22.6 Å². The number of hydrogen-bond donors (Lipinski definition) is 0. The Bertz CT molecular complexity index is 395. The number of nitro groups is 1. The lowest BCUT2D eigenvalue weighted by Gasteiger charge is -2.07. The second-order valence-electron chi connectivity index (χ2n) is 2.61. The molecule has 0 amide bonds. The predicted molar refractivity (Wildman–Crippen MR) is 52.0 cm³/mol. The molecule has 1 rings (SSSR count). The Balaban J connectivity index is 3.51. The average Bonchev–Trinajstić information content (AvgIpc) is 2.13. The second-order valence-corrected chi connectivity index (χ2v) is 3.40. The number of halogens is 2. The summed E-state index contributed by atoms with van der Waals surface area (Å²) in [7, 11) is 1.30. The largest absolute Gasteiger partial charge is 0.489 e. The minimum absolute atomic E-state index is 0.0360. The highest BCUT2D eigenvalue weighted by Gasteiger charge is 2.22. The standard InChI is InChI=1S/C8H7BrFNO3/c1-4-5(10)3-6(11(12)13)8(14-2)7(4)9/h3H,1-2H3. The van der Waals surface area contributed by atoms with Gasteiger partial charge in [-0.2, -0.15) is 0 Å². The highest BCUT2D eigenvalue weighted by molar-refractivity contribution is 9.10. The maximum Gasteiger partial charge on any atom is 0.315 e. The van der Waals surface area contributed by atoms with Crippen LogP contribution in [0.1, 0.15) is 5.56 Å². The zero-order valence-electron chi connectivity index (χ0n) is 7.51. The number of nitro benzene ring substituents is 1. The Kier molecular flexibility index (Phi) is 3.05. The summed E-state index contributed by atoms with van der Waals surface area (Å²) in [6.45, 7) is 1.51. The van der Waals surface area contributed by atoms with Crippen LogP contribution in [0.2, 0.25) is 0 Å². The third-order valence-corrected chi connectivity index (χ3v) is 2.74. The number of methoxy groups -OCH3 is 1. The number of rotatable bonds is 2. The van der Waals surface area contributed by atoms with Crippen LogP contribution in [0.25, 0.3) is 0 Å². The van der Waals surface area contributed by atoms with Crippen molar-refractivity contribution in [1.29, 1.82) is 0 Å². The van der Waals surface area contributed by atoms with E-state index in [0.29, 0.717) is 0 Å². The van der Waals surface area contributed by atoms with Crippen molar-refractivity contribution in [1.82, 2.24) is 0 Å². The lowest BCUT2D eigenvalue weighted by atomic mass is 10.2. The van der Waals surface area contributed by atoms with Crippen molar-refractivity contribution in [3.05, 3.63) is 32.0 Å². The first-order valence-electron chi connectivity index (χ1n) is 3.66. The Labute approximate surface area is 88.0 Å². The van der Waals surface area contributed by atoms with Crippen LogP contribution in [0.5, 0.6) is 5.75 Å². The predicted octanol–water partition coefficient (Wildman–Crippen LogP) is 2.81. The van der Waals surface area contributed by atoms with Gasteiger partial charge >= 0.3 is 5.69 Å². The summed E-state index contributed by atoms with van der Waals surface area (Å²) in [5, 5.41) is 10.5. The SMILES string of the molecule is COc1c([N+](=O)[O-])cc(F)c(C)c1Br. The molecule has 0 unspecified atom stereocenters. The van der Waals surface area contributed by atoms with E-state index in [1.165, 1.54) is 14.0 Å². The fourth-order valence-electron chi connectivity index (χ4n) is 1.01. The Morgan fingerprint density at radius 2 is 2.21 bits per heavy atom. The van der Waals surface area contributed by atoms with E-state index >= 15 is 0 Å². The topological polar surface area (TPSA) is 52.4 Å². The van der Waals surface area contributed by atoms with Gasteiger partial charge in [-0.25, -0.2) is 4.39 Å². The smallest absolute Gasteiger partial charge is 0.315 e. The van der Waals surface area contributed by atoms with Gasteiger partial charge in [-0.05, 0) is 22.9 Å². The number of nitrogens with zero attached hydrogens (tertiary/aromatic N) is 1. The van der Waals surface area contributed by atoms with E-state index in [1.54, 1.807) is 0 Å². The molecule has 76 valence electrons. The maximum atomic E-state index is 13.1. The van der Waals surface area contributed by atoms with Crippen molar-refractivity contribution in [2.45, 2.75) is 6.92 Å². The van der Waals surface area contributed by atoms with Crippen molar-refractivity contribution < 1.29 is 14.1 Å². The van der Waals surface area contributed by atoms with E-state index in [0.717, 1.165) is 6.07 Å². The third-order valence-electron chi connectivity index (χ3n) is 1.78. The molecule has 1 aromatic rings. The van der Waals surface area contributed by atoms with Crippen molar-refractivity contribution in [3.8, 4) is 5.75 Å². The summed E-state index contributed by atoms with van der Waals surface area (Å²) in [6.07, 6.45) is 0. The molecular formula is C8H7BrFNO3. The van der Waals surface area contributed by atoms with E-state index < -0.39 is 10.7 Å². The highest BCUT2D eigenvalue weighted by atomic mass is 79.9. The molecule has 0 saturated heterocycles. The van der Waals surface area contributed by atoms with Crippen LogP contribution in [-0.4, -0.2) is 12.0 Å². The van der Waals surface area contributed by atoms with E-state index in [-0.39, 0.29) is 21.5 Å². The quantitative estimate of drug-likeness (QED) is 0.609. The normalized spacial score (nSPS) is 10.0. The lowest BCUT2D eigenvalue weighted by molar-refractivity contribution is -0.386. The van der Waals surface area contributed by atoms with Gasteiger partial charge in [0.1, 0.15) is 5.82 Å². The van der Waals surface area contributed by atoms with Crippen LogP contribution >= 0.6 is 15.9 Å². The summed E-state index contributed by atoms with van der Waals surface area (Å²) < 4.78 is 18.2. The summed E-state index contributed by atoms with van der Waals surface area (Å²) >= 11 is 3.04. The van der Waals surface area contributed by atoms with Crippen molar-refractivity contribution in [3.63, 3.8) is 0 Å². The van der Waals surface area contributed by atoms with Crippen LogP contribution < -0.4 is 4.74 Å². The van der Waals surface area contributed by atoms with Crippen LogP contribution in [0.3, 0.4) is 0 Å². The third kappa shape index (κ3) is 1.70. The molecule has 0 N–H and O–H groups in total. The van der Waals surface area contributed by atoms with Crippen LogP contribution in [-0.2, 0) is 0 Å². The molecule has 0 radical (unpaired) electrons. The molecule has 1 aromatic carbocycles. The first-order valence-corrected chi connectivity index (χ1v) is 4.45. The first-order chi connectivity index (χ1) is 6.49. The summed E-state index contributed by atoms with van der Waals surface area (Å²) in [5.41, 5.74) is -0.102. The monoisotopic (exact) mass is 263 g/mol. The second kappa shape index (κ2) is 3.91. The van der Waals surface area contributed by atoms with Crippen LogP contribution in [0.15, 0.2) is 10.5 Å². The fraction of sp³-hybridized carbons (Fsp3) is 0.250. The van der Waals surface area contributed by atoms with Crippen molar-refractivity contribution in [2.75, 3.05) is 7.11 Å². The molecule has 0 aliphatic heterocycles. The summed E-state index contributed by atoms with van der Waals surface area (Å²) in [6, 6.07) is 0.846. The molecule has 0 heterocycles. The van der Waals surface area contributed by atoms with Crippen molar-refractivity contribution >= 4 is 21.6 Å². The fourth-order valence-corrected chi connectivity index (χ4v) is 1.57. The van der Waals surface area contributed by atoms with E-state index in [9.17, 15) is 14.5 Å². The molecule has 0 aliphatic rings. The van der Waals surface area contributed by atoms with E-state index in [2.05, 4.69) is 15.9 Å². The van der Waals surface area contributed by atoms with Gasteiger partial charge in [-0.15, -0.1) is 0 Å². The molecule has 0 aliphatic carbocycles. The zero-order valence-corrected chi connectivity index (χ0v) is 9.09. The van der Waals surface area contributed by atoms with Gasteiger partial charge in [0.25, 0.3) is 0 Å². The molecule has 0 spiro atoms. The Morgan fingerprint density at radius 1 is 1.64 bits per heavy atom. The Hall–Kier alpha value is -1.17. The van der Waals surface area contributed by atoms with E-state index in [1.807, 2.05) is 0 Å². The van der Waals surface area contributed by atoms with Crippen LogP contribution in [0.4, 0.5) is 10.1 Å². The van der Waals surface area contributed by atoms with Gasteiger partial charge in [0.15, 0.2) is 0 Å². The van der Waals surface area contributed by atoms with Gasteiger partial charge in [-0.1, -0.05) is 0 Å². The number of benzene rings is 1. The molecule has 6 heteroatoms. The molecule has 0 atom stereocenters. The molecule has 14 heavy (non-hydrogen) atoms. The number of hydrogen-bond acceptors (Lipinski definition) is 3. The maximum absolute atomic E-state index is 13.1. The average molecular weight is 264 g/mol. The van der Waals surface area contributed by atoms with Gasteiger partial charge in [0, 0.05) is 5.56 Å². The molecule has 0 fully saturated rings. The molecule has 0 saturated carbocycles. The van der Waals surface area contributed by atoms with Crippen molar-refractivity contribution in [2.24, 2.45) is 0 Å².